The number of hydrogen-bond acceptors (Lipinski definition) is 2. The van der Waals surface area contributed by atoms with Crippen molar-refractivity contribution in [2.24, 2.45) is 5.92 Å². The first-order valence-electron chi connectivity index (χ1n) is 6.92. The van der Waals surface area contributed by atoms with Crippen LogP contribution in [-0.4, -0.2) is 6.54 Å². The van der Waals surface area contributed by atoms with Gasteiger partial charge in [0.05, 0.1) is 0 Å². The maximum Gasteiger partial charge on any atom is 0.161 e. The van der Waals surface area contributed by atoms with Crippen LogP contribution in [-0.2, 0) is 0 Å². The third kappa shape index (κ3) is 3.47. The fourth-order valence-electron chi connectivity index (χ4n) is 2.26. The summed E-state index contributed by atoms with van der Waals surface area (Å²) < 4.78 is 40.1. The Morgan fingerprint density at radius 2 is 1.71 bits per heavy atom. The van der Waals surface area contributed by atoms with E-state index in [4.69, 9.17) is 0 Å². The highest BCUT2D eigenvalue weighted by Gasteiger charge is 2.19. The van der Waals surface area contributed by atoms with Gasteiger partial charge < -0.3 is 5.32 Å². The Hall–Kier alpha value is -1.33. The molecule has 0 radical (unpaired) electrons. The molecular weight excluding hydrogens is 295 g/mol. The van der Waals surface area contributed by atoms with E-state index >= 15 is 0 Å². The summed E-state index contributed by atoms with van der Waals surface area (Å²) in [5.41, 5.74) is 0.101. The van der Waals surface area contributed by atoms with E-state index < -0.39 is 17.5 Å². The van der Waals surface area contributed by atoms with Crippen LogP contribution in [0.25, 0.3) is 10.4 Å². The molecule has 2 aromatic rings. The van der Waals surface area contributed by atoms with Crippen LogP contribution in [0.15, 0.2) is 24.3 Å². The van der Waals surface area contributed by atoms with Crippen LogP contribution in [0.1, 0.15) is 31.7 Å². The zero-order chi connectivity index (χ0) is 15.6. The molecule has 0 bridgehead atoms. The van der Waals surface area contributed by atoms with Crippen molar-refractivity contribution in [1.82, 2.24) is 5.32 Å². The van der Waals surface area contributed by atoms with Gasteiger partial charge in [-0.15, -0.1) is 11.3 Å². The second-order valence-corrected chi connectivity index (χ2v) is 6.34. The molecule has 0 fully saturated rings. The van der Waals surface area contributed by atoms with Crippen LogP contribution in [0, 0.1) is 23.4 Å². The normalized spacial score (nSPS) is 12.9. The van der Waals surface area contributed by atoms with E-state index in [1.807, 2.05) is 13.0 Å². The van der Waals surface area contributed by atoms with Crippen LogP contribution in [0.4, 0.5) is 13.2 Å². The van der Waals surface area contributed by atoms with Gasteiger partial charge in [0.2, 0.25) is 0 Å². The molecular formula is C16H18F3NS. The molecule has 21 heavy (non-hydrogen) atoms. The largest absolute Gasteiger partial charge is 0.309 e. The molecule has 1 nitrogen and oxygen atoms in total. The molecule has 0 aliphatic carbocycles. The highest BCUT2D eigenvalue weighted by atomic mass is 32.1. The predicted molar refractivity (Wildman–Crippen MR) is 80.9 cm³/mol. The molecule has 0 aliphatic rings. The highest BCUT2D eigenvalue weighted by Crippen LogP contribution is 2.35. The van der Waals surface area contributed by atoms with E-state index in [2.05, 4.69) is 19.2 Å². The SMILES string of the molecule is CCNC(c1ccc(-c2cc(F)c(F)cc2F)s1)C(C)C. The molecule has 1 N–H and O–H groups in total. The van der Waals surface area contributed by atoms with E-state index in [0.717, 1.165) is 17.5 Å². The molecule has 1 heterocycles. The van der Waals surface area contributed by atoms with Gasteiger partial charge in [0.15, 0.2) is 11.6 Å². The summed E-state index contributed by atoms with van der Waals surface area (Å²) in [7, 11) is 0. The van der Waals surface area contributed by atoms with Crippen LogP contribution in [0.3, 0.4) is 0 Å². The monoisotopic (exact) mass is 313 g/mol. The number of thiophene rings is 1. The topological polar surface area (TPSA) is 12.0 Å². The number of rotatable bonds is 5. The lowest BCUT2D eigenvalue weighted by Gasteiger charge is -2.20. The molecule has 114 valence electrons. The first kappa shape index (κ1) is 16.0. The first-order valence-corrected chi connectivity index (χ1v) is 7.73. The lowest BCUT2D eigenvalue weighted by atomic mass is 10.0. The fraction of sp³-hybridized carbons (Fsp3) is 0.375. The van der Waals surface area contributed by atoms with E-state index in [9.17, 15) is 13.2 Å². The minimum atomic E-state index is -1.17. The van der Waals surface area contributed by atoms with Crippen molar-refractivity contribution in [3.05, 3.63) is 46.6 Å². The average molecular weight is 313 g/mol. The Balaban J connectivity index is 2.37. The molecule has 1 unspecified atom stereocenters. The summed E-state index contributed by atoms with van der Waals surface area (Å²) in [5, 5.41) is 3.38. The molecule has 0 saturated heterocycles. The van der Waals surface area contributed by atoms with Gasteiger partial charge in [-0.2, -0.15) is 0 Å². The molecule has 1 aromatic carbocycles. The van der Waals surface area contributed by atoms with Crippen molar-refractivity contribution in [3.63, 3.8) is 0 Å². The van der Waals surface area contributed by atoms with Gasteiger partial charge in [-0.3, -0.25) is 0 Å². The predicted octanol–water partition coefficient (Wildman–Crippen LogP) is 5.14. The summed E-state index contributed by atoms with van der Waals surface area (Å²) in [6.45, 7) is 7.06. The number of benzene rings is 1. The van der Waals surface area contributed by atoms with Crippen molar-refractivity contribution >= 4 is 11.3 Å². The Morgan fingerprint density at radius 1 is 1.05 bits per heavy atom. The maximum absolute atomic E-state index is 13.8. The molecule has 0 saturated carbocycles. The third-order valence-electron chi connectivity index (χ3n) is 3.30. The summed E-state index contributed by atoms with van der Waals surface area (Å²) in [6, 6.07) is 5.34. The van der Waals surface area contributed by atoms with E-state index in [0.29, 0.717) is 16.9 Å². The Kier molecular flexibility index (Phi) is 5.06. The van der Waals surface area contributed by atoms with E-state index in [1.54, 1.807) is 6.07 Å². The second-order valence-electron chi connectivity index (χ2n) is 5.23. The van der Waals surface area contributed by atoms with Gasteiger partial charge in [0, 0.05) is 27.4 Å². The summed E-state index contributed by atoms with van der Waals surface area (Å²) >= 11 is 1.40. The fourth-order valence-corrected chi connectivity index (χ4v) is 3.54. The lowest BCUT2D eigenvalue weighted by Crippen LogP contribution is -2.24. The van der Waals surface area contributed by atoms with Crippen molar-refractivity contribution in [3.8, 4) is 10.4 Å². The number of hydrogen-bond donors (Lipinski definition) is 1. The van der Waals surface area contributed by atoms with Crippen LogP contribution in [0.5, 0.6) is 0 Å². The highest BCUT2D eigenvalue weighted by molar-refractivity contribution is 7.15. The van der Waals surface area contributed by atoms with Gasteiger partial charge in [0.25, 0.3) is 0 Å². The van der Waals surface area contributed by atoms with E-state index in [1.165, 1.54) is 11.3 Å². The van der Waals surface area contributed by atoms with E-state index in [-0.39, 0.29) is 11.6 Å². The van der Waals surface area contributed by atoms with Gasteiger partial charge >= 0.3 is 0 Å². The minimum Gasteiger partial charge on any atom is -0.309 e. The maximum atomic E-state index is 13.8. The summed E-state index contributed by atoms with van der Waals surface area (Å²) in [4.78, 5) is 1.66. The smallest absolute Gasteiger partial charge is 0.161 e. The Labute approximate surface area is 126 Å². The van der Waals surface area contributed by atoms with Crippen molar-refractivity contribution in [2.75, 3.05) is 6.54 Å². The molecule has 1 aromatic heterocycles. The zero-order valence-electron chi connectivity index (χ0n) is 12.2. The molecule has 1 atom stereocenters. The molecule has 0 amide bonds. The van der Waals surface area contributed by atoms with Gasteiger partial charge in [-0.05, 0) is 30.7 Å². The van der Waals surface area contributed by atoms with Gasteiger partial charge in [-0.1, -0.05) is 20.8 Å². The van der Waals surface area contributed by atoms with Crippen molar-refractivity contribution in [1.29, 1.82) is 0 Å². The molecule has 0 aliphatic heterocycles. The van der Waals surface area contributed by atoms with Crippen LogP contribution in [0.2, 0.25) is 0 Å². The van der Waals surface area contributed by atoms with Gasteiger partial charge in [-0.25, -0.2) is 13.2 Å². The van der Waals surface area contributed by atoms with Crippen molar-refractivity contribution < 1.29 is 13.2 Å². The summed E-state index contributed by atoms with van der Waals surface area (Å²) in [5.74, 6) is -2.56. The molecule has 2 rings (SSSR count). The molecule has 5 heteroatoms. The number of halogens is 3. The third-order valence-corrected chi connectivity index (χ3v) is 4.50. The van der Waals surface area contributed by atoms with Gasteiger partial charge in [0.1, 0.15) is 5.82 Å². The Bertz CT molecular complexity index is 622. The lowest BCUT2D eigenvalue weighted by molar-refractivity contribution is 0.428. The van der Waals surface area contributed by atoms with Crippen LogP contribution >= 0.6 is 11.3 Å². The minimum absolute atomic E-state index is 0.101. The second kappa shape index (κ2) is 6.62. The Morgan fingerprint density at radius 3 is 2.33 bits per heavy atom. The summed E-state index contributed by atoms with van der Waals surface area (Å²) in [6.07, 6.45) is 0. The van der Waals surface area contributed by atoms with Crippen LogP contribution < -0.4 is 5.32 Å². The molecule has 0 spiro atoms. The zero-order valence-corrected chi connectivity index (χ0v) is 13.0. The standard InChI is InChI=1S/C16H18F3NS/c1-4-20-16(9(2)3)15-6-5-14(21-15)10-7-12(18)13(19)8-11(10)17/h5-9,16,20H,4H2,1-3H3. The number of nitrogens with one attached hydrogen (secondary N) is 1. The van der Waals surface area contributed by atoms with Crippen molar-refractivity contribution in [2.45, 2.75) is 26.8 Å². The average Bonchev–Trinajstić information content (AvgIpc) is 2.89. The quantitative estimate of drug-likeness (QED) is 0.754. The first-order chi connectivity index (χ1) is 9.93.